The first kappa shape index (κ1) is 13.0. The molecule has 0 saturated carbocycles. The largest absolute Gasteiger partial charge is 0.430 e. The average molecular weight is 282 g/mol. The van der Waals surface area contributed by atoms with Gasteiger partial charge >= 0.3 is 5.69 Å². The first-order valence-corrected chi connectivity index (χ1v) is 5.53. The van der Waals surface area contributed by atoms with E-state index in [0.29, 0.717) is 0 Å². The quantitative estimate of drug-likeness (QED) is 0.688. The average Bonchev–Trinajstić information content (AvgIpc) is 2.35. The summed E-state index contributed by atoms with van der Waals surface area (Å²) in [6.45, 7) is 1.75. The molecule has 1 aromatic heterocycles. The Morgan fingerprint density at radius 3 is 2.89 bits per heavy atom. The van der Waals surface area contributed by atoms with Crippen molar-refractivity contribution in [1.82, 2.24) is 9.97 Å². The minimum Gasteiger partial charge on any atom is -0.430 e. The van der Waals surface area contributed by atoms with Crippen molar-refractivity contribution in [2.24, 2.45) is 0 Å². The van der Waals surface area contributed by atoms with Gasteiger partial charge in [-0.2, -0.15) is 0 Å². The van der Waals surface area contributed by atoms with Gasteiger partial charge in [0, 0.05) is 6.07 Å². The number of hydrogen-bond acceptors (Lipinski definition) is 5. The Labute approximate surface area is 112 Å². The van der Waals surface area contributed by atoms with Crippen LogP contribution in [0.1, 0.15) is 5.56 Å². The molecular weight excluding hydrogens is 274 g/mol. The molecule has 0 radical (unpaired) electrons. The number of H-pyrrole nitrogens is 1. The Bertz CT molecular complexity index is 699. The fourth-order valence-electron chi connectivity index (χ4n) is 1.40. The molecule has 2 rings (SSSR count). The van der Waals surface area contributed by atoms with Gasteiger partial charge in [0.15, 0.2) is 5.02 Å². The Kier molecular flexibility index (Phi) is 3.48. The van der Waals surface area contributed by atoms with E-state index in [2.05, 4.69) is 9.97 Å². The van der Waals surface area contributed by atoms with Crippen molar-refractivity contribution in [3.8, 4) is 11.6 Å². The molecule has 8 heteroatoms. The van der Waals surface area contributed by atoms with E-state index < -0.39 is 10.5 Å². The molecule has 0 fully saturated rings. The van der Waals surface area contributed by atoms with Crippen LogP contribution in [-0.4, -0.2) is 14.9 Å². The first-order valence-electron chi connectivity index (χ1n) is 5.15. The molecule has 0 aliphatic heterocycles. The molecule has 0 aliphatic rings. The number of halogens is 1. The Morgan fingerprint density at radius 2 is 2.21 bits per heavy atom. The molecule has 0 saturated heterocycles. The number of nitrogens with one attached hydrogen (secondary N) is 1. The summed E-state index contributed by atoms with van der Waals surface area (Å²) < 4.78 is 5.26. The van der Waals surface area contributed by atoms with E-state index in [0.717, 1.165) is 11.9 Å². The third kappa shape index (κ3) is 2.71. The van der Waals surface area contributed by atoms with Crippen LogP contribution in [-0.2, 0) is 0 Å². The van der Waals surface area contributed by atoms with Crippen LogP contribution in [0, 0.1) is 17.0 Å². The Hall–Kier alpha value is -2.41. The normalized spacial score (nSPS) is 10.2. The summed E-state index contributed by atoms with van der Waals surface area (Å²) in [4.78, 5) is 27.6. The molecule has 0 bridgehead atoms. The second kappa shape index (κ2) is 5.07. The standard InChI is InChI=1S/C11H8ClN3O4/c1-6-2-3-7(15(17)18)8(4-6)19-11-9(12)10(16)13-5-14-11/h2-5H,1H3,(H,13,14,16). The Morgan fingerprint density at radius 1 is 1.47 bits per heavy atom. The van der Waals surface area contributed by atoms with Crippen LogP contribution in [0.4, 0.5) is 5.69 Å². The van der Waals surface area contributed by atoms with E-state index in [-0.39, 0.29) is 22.3 Å². The van der Waals surface area contributed by atoms with Gasteiger partial charge in [-0.15, -0.1) is 0 Å². The summed E-state index contributed by atoms with van der Waals surface area (Å²) in [7, 11) is 0. The van der Waals surface area contributed by atoms with Crippen LogP contribution in [0.25, 0.3) is 0 Å². The minimum absolute atomic E-state index is 0.0231. The fraction of sp³-hybridized carbons (Fsp3) is 0.0909. The van der Waals surface area contributed by atoms with E-state index in [4.69, 9.17) is 16.3 Å². The highest BCUT2D eigenvalue weighted by molar-refractivity contribution is 6.31. The lowest BCUT2D eigenvalue weighted by molar-refractivity contribution is -0.385. The smallest absolute Gasteiger partial charge is 0.311 e. The summed E-state index contributed by atoms with van der Waals surface area (Å²) >= 11 is 5.71. The van der Waals surface area contributed by atoms with Gasteiger partial charge in [-0.25, -0.2) is 4.98 Å². The Balaban J connectivity index is 2.48. The maximum absolute atomic E-state index is 11.3. The van der Waals surface area contributed by atoms with Crippen molar-refractivity contribution >= 4 is 17.3 Å². The van der Waals surface area contributed by atoms with Crippen LogP contribution in [0.2, 0.25) is 5.02 Å². The van der Waals surface area contributed by atoms with Crippen molar-refractivity contribution in [2.45, 2.75) is 6.92 Å². The molecule has 2 aromatic rings. The van der Waals surface area contributed by atoms with E-state index in [1.807, 2.05) is 0 Å². The second-order valence-electron chi connectivity index (χ2n) is 3.68. The summed E-state index contributed by atoms with van der Waals surface area (Å²) in [6.07, 6.45) is 1.10. The summed E-state index contributed by atoms with van der Waals surface area (Å²) in [5, 5.41) is 10.6. The van der Waals surface area contributed by atoms with E-state index in [1.54, 1.807) is 13.0 Å². The predicted molar refractivity (Wildman–Crippen MR) is 67.8 cm³/mol. The van der Waals surface area contributed by atoms with Gasteiger partial charge in [-0.3, -0.25) is 14.9 Å². The van der Waals surface area contributed by atoms with Crippen molar-refractivity contribution in [3.05, 3.63) is 55.6 Å². The van der Waals surface area contributed by atoms with Crippen LogP contribution < -0.4 is 10.3 Å². The van der Waals surface area contributed by atoms with Crippen molar-refractivity contribution < 1.29 is 9.66 Å². The zero-order valence-corrected chi connectivity index (χ0v) is 10.5. The zero-order chi connectivity index (χ0) is 14.0. The van der Waals surface area contributed by atoms with E-state index in [9.17, 15) is 14.9 Å². The minimum atomic E-state index is -0.587. The van der Waals surface area contributed by atoms with Gasteiger partial charge in [0.1, 0.15) is 0 Å². The van der Waals surface area contributed by atoms with Gasteiger partial charge in [0.05, 0.1) is 11.3 Å². The topological polar surface area (TPSA) is 98.1 Å². The van der Waals surface area contributed by atoms with Crippen molar-refractivity contribution in [2.75, 3.05) is 0 Å². The number of benzene rings is 1. The number of nitrogens with zero attached hydrogens (tertiary/aromatic N) is 2. The fourth-order valence-corrected chi connectivity index (χ4v) is 1.54. The van der Waals surface area contributed by atoms with E-state index >= 15 is 0 Å². The maximum Gasteiger partial charge on any atom is 0.311 e. The number of aryl methyl sites for hydroxylation is 1. The predicted octanol–water partition coefficient (Wildman–Crippen LogP) is 2.43. The van der Waals surface area contributed by atoms with Crippen molar-refractivity contribution in [3.63, 3.8) is 0 Å². The molecule has 0 amide bonds. The maximum atomic E-state index is 11.3. The molecular formula is C11H8ClN3O4. The number of ether oxygens (including phenoxy) is 1. The van der Waals surface area contributed by atoms with Gasteiger partial charge < -0.3 is 9.72 Å². The van der Waals surface area contributed by atoms with Crippen LogP contribution >= 0.6 is 11.6 Å². The summed E-state index contributed by atoms with van der Waals surface area (Å²) in [5.74, 6) is -0.205. The molecule has 1 N–H and O–H groups in total. The highest BCUT2D eigenvalue weighted by atomic mass is 35.5. The SMILES string of the molecule is Cc1ccc([N+](=O)[O-])c(Oc2nc[nH]c(=O)c2Cl)c1. The number of hydrogen-bond donors (Lipinski definition) is 1. The lowest BCUT2D eigenvalue weighted by Gasteiger charge is -2.06. The highest BCUT2D eigenvalue weighted by Crippen LogP contribution is 2.32. The number of aromatic amines is 1. The van der Waals surface area contributed by atoms with Gasteiger partial charge in [-0.05, 0) is 18.6 Å². The summed E-state index contributed by atoms with van der Waals surface area (Å²) in [5.41, 5.74) is -0.0488. The molecule has 0 spiro atoms. The summed E-state index contributed by atoms with van der Waals surface area (Å²) in [6, 6.07) is 4.36. The van der Waals surface area contributed by atoms with E-state index in [1.165, 1.54) is 12.1 Å². The van der Waals surface area contributed by atoms with Gasteiger partial charge in [0.2, 0.25) is 11.6 Å². The zero-order valence-electron chi connectivity index (χ0n) is 9.71. The molecule has 0 aliphatic carbocycles. The molecule has 1 heterocycles. The van der Waals surface area contributed by atoms with Crippen LogP contribution in [0.5, 0.6) is 11.6 Å². The first-order chi connectivity index (χ1) is 8.99. The lowest BCUT2D eigenvalue weighted by Crippen LogP contribution is -2.08. The third-order valence-electron chi connectivity index (χ3n) is 2.28. The third-order valence-corrected chi connectivity index (χ3v) is 2.62. The second-order valence-corrected chi connectivity index (χ2v) is 4.06. The molecule has 98 valence electrons. The van der Waals surface area contributed by atoms with Gasteiger partial charge in [0.25, 0.3) is 5.56 Å². The molecule has 0 atom stereocenters. The van der Waals surface area contributed by atoms with Crippen LogP contribution in [0.15, 0.2) is 29.3 Å². The number of nitro groups is 1. The number of rotatable bonds is 3. The molecule has 19 heavy (non-hydrogen) atoms. The lowest BCUT2D eigenvalue weighted by atomic mass is 10.2. The van der Waals surface area contributed by atoms with Gasteiger partial charge in [-0.1, -0.05) is 17.7 Å². The molecule has 7 nitrogen and oxygen atoms in total. The number of aromatic nitrogens is 2. The monoisotopic (exact) mass is 281 g/mol. The highest BCUT2D eigenvalue weighted by Gasteiger charge is 2.18. The molecule has 1 aromatic carbocycles. The van der Waals surface area contributed by atoms with Crippen molar-refractivity contribution in [1.29, 1.82) is 0 Å². The van der Waals surface area contributed by atoms with Crippen LogP contribution in [0.3, 0.4) is 0 Å². The molecule has 0 unspecified atom stereocenters. The number of nitro benzene ring substituents is 1.